The maximum atomic E-state index is 11.7. The molecule has 6 heteroatoms. The van der Waals surface area contributed by atoms with Crippen LogP contribution >= 0.6 is 0 Å². The number of oxime groups is 1. The topological polar surface area (TPSA) is 85.2 Å². The van der Waals surface area contributed by atoms with Gasteiger partial charge in [0, 0.05) is 12.8 Å². The average molecular weight is 253 g/mol. The lowest BCUT2D eigenvalue weighted by atomic mass is 9.93. The zero-order valence-electron chi connectivity index (χ0n) is 10.1. The Morgan fingerprint density at radius 1 is 1.56 bits per heavy atom. The van der Waals surface area contributed by atoms with Crippen molar-refractivity contribution in [3.8, 4) is 0 Å². The quantitative estimate of drug-likeness (QED) is 0.262. The molecule has 0 spiro atoms. The fourth-order valence-electron chi connectivity index (χ4n) is 1.53. The van der Waals surface area contributed by atoms with Crippen molar-refractivity contribution in [1.29, 1.82) is 0 Å². The molecule has 0 fully saturated rings. The lowest BCUT2D eigenvalue weighted by Gasteiger charge is -2.15. The first-order chi connectivity index (χ1) is 8.61. The number of ether oxygens (including phenoxy) is 1. The monoisotopic (exact) mass is 253 g/mol. The summed E-state index contributed by atoms with van der Waals surface area (Å²) in [7, 11) is 1.16. The van der Waals surface area contributed by atoms with Gasteiger partial charge in [-0.1, -0.05) is 17.8 Å². The molecule has 6 nitrogen and oxygen atoms in total. The number of ketones is 1. The lowest BCUT2D eigenvalue weighted by molar-refractivity contribution is -0.133. The third-order valence-electron chi connectivity index (χ3n) is 2.35. The summed E-state index contributed by atoms with van der Waals surface area (Å²) in [6, 6.07) is 0. The minimum absolute atomic E-state index is 0.0860. The summed E-state index contributed by atoms with van der Waals surface area (Å²) in [5.41, 5.74) is -0.418. The molecule has 0 radical (unpaired) electrons. The fraction of sp³-hybridized carbons (Fsp3) is 0.417. The SMILES string of the molecule is C=CCO/N=C(\C(=O)OC)C1=C(O)CCCC1=O. The number of Topliss-reactive ketones (excluding diaryl/α,β-unsaturated/α-hetero) is 1. The number of esters is 1. The molecule has 0 unspecified atom stereocenters. The summed E-state index contributed by atoms with van der Waals surface area (Å²) in [6.07, 6.45) is 2.58. The van der Waals surface area contributed by atoms with Crippen molar-refractivity contribution >= 4 is 17.5 Å². The van der Waals surface area contributed by atoms with E-state index in [2.05, 4.69) is 16.5 Å². The van der Waals surface area contributed by atoms with Crippen LogP contribution < -0.4 is 0 Å². The summed E-state index contributed by atoms with van der Waals surface area (Å²) in [4.78, 5) is 28.0. The van der Waals surface area contributed by atoms with Crippen molar-refractivity contribution in [2.75, 3.05) is 13.7 Å². The Balaban J connectivity index is 3.09. The number of carbonyl (C=O) groups excluding carboxylic acids is 2. The van der Waals surface area contributed by atoms with E-state index in [1.807, 2.05) is 0 Å². The van der Waals surface area contributed by atoms with Gasteiger partial charge >= 0.3 is 5.97 Å². The van der Waals surface area contributed by atoms with E-state index in [0.29, 0.717) is 12.8 Å². The Labute approximate surface area is 105 Å². The van der Waals surface area contributed by atoms with Gasteiger partial charge in [-0.25, -0.2) is 4.79 Å². The van der Waals surface area contributed by atoms with E-state index >= 15 is 0 Å². The zero-order valence-corrected chi connectivity index (χ0v) is 10.1. The number of methoxy groups -OCH3 is 1. The lowest BCUT2D eigenvalue weighted by Crippen LogP contribution is -2.27. The van der Waals surface area contributed by atoms with Crippen LogP contribution in [0.3, 0.4) is 0 Å². The van der Waals surface area contributed by atoms with E-state index in [1.54, 1.807) is 0 Å². The van der Waals surface area contributed by atoms with Crippen LogP contribution in [0.2, 0.25) is 0 Å². The molecule has 1 rings (SSSR count). The van der Waals surface area contributed by atoms with Crippen LogP contribution in [0, 0.1) is 0 Å². The van der Waals surface area contributed by atoms with E-state index in [-0.39, 0.29) is 35.9 Å². The first kappa shape index (κ1) is 14.0. The summed E-state index contributed by atoms with van der Waals surface area (Å²) >= 11 is 0. The molecule has 0 aromatic carbocycles. The standard InChI is InChI=1S/C12H15NO5/c1-3-7-18-13-11(12(16)17-2)10-8(14)5-4-6-9(10)15/h3,14H,1,4-7H2,2H3/b13-11-. The summed E-state index contributed by atoms with van der Waals surface area (Å²) < 4.78 is 4.52. The van der Waals surface area contributed by atoms with Crippen molar-refractivity contribution in [3.63, 3.8) is 0 Å². The maximum absolute atomic E-state index is 11.7. The smallest absolute Gasteiger partial charge is 0.361 e. The first-order valence-electron chi connectivity index (χ1n) is 5.46. The van der Waals surface area contributed by atoms with E-state index < -0.39 is 5.97 Å². The van der Waals surface area contributed by atoms with Gasteiger partial charge in [-0.2, -0.15) is 0 Å². The van der Waals surface area contributed by atoms with Gasteiger partial charge < -0.3 is 14.7 Å². The van der Waals surface area contributed by atoms with Crippen LogP contribution in [-0.4, -0.2) is 36.3 Å². The van der Waals surface area contributed by atoms with Crippen molar-refractivity contribution in [1.82, 2.24) is 0 Å². The minimum atomic E-state index is -0.823. The predicted octanol–water partition coefficient (Wildman–Crippen LogP) is 1.28. The van der Waals surface area contributed by atoms with Gasteiger partial charge in [-0.3, -0.25) is 4.79 Å². The number of carbonyl (C=O) groups is 2. The molecule has 0 bridgehead atoms. The molecule has 0 heterocycles. The van der Waals surface area contributed by atoms with Crippen molar-refractivity contribution < 1.29 is 24.3 Å². The molecule has 0 saturated carbocycles. The molecular weight excluding hydrogens is 238 g/mol. The summed E-state index contributed by atoms with van der Waals surface area (Å²) in [5, 5.41) is 13.2. The van der Waals surface area contributed by atoms with Gasteiger partial charge in [0.15, 0.2) is 5.78 Å². The molecule has 0 amide bonds. The highest BCUT2D eigenvalue weighted by Crippen LogP contribution is 2.21. The molecular formula is C12H15NO5. The van der Waals surface area contributed by atoms with Crippen molar-refractivity contribution in [2.24, 2.45) is 5.16 Å². The number of aliphatic hydroxyl groups is 1. The highest BCUT2D eigenvalue weighted by Gasteiger charge is 2.30. The number of rotatable bonds is 5. The maximum Gasteiger partial charge on any atom is 0.361 e. The Kier molecular flexibility index (Phi) is 5.10. The Bertz CT molecular complexity index is 422. The molecule has 0 atom stereocenters. The van der Waals surface area contributed by atoms with Crippen molar-refractivity contribution in [2.45, 2.75) is 19.3 Å². The fourth-order valence-corrected chi connectivity index (χ4v) is 1.53. The number of nitrogens with zero attached hydrogens (tertiary/aromatic N) is 1. The molecule has 1 N–H and O–H groups in total. The summed E-state index contributed by atoms with van der Waals surface area (Å²) in [5.74, 6) is -1.32. The number of hydrogen-bond donors (Lipinski definition) is 1. The Hall–Kier alpha value is -2.11. The van der Waals surface area contributed by atoms with Crippen LogP contribution in [0.25, 0.3) is 0 Å². The molecule has 0 aliphatic heterocycles. The van der Waals surface area contributed by atoms with E-state index in [0.717, 1.165) is 7.11 Å². The second-order valence-electron chi connectivity index (χ2n) is 3.61. The average Bonchev–Trinajstić information content (AvgIpc) is 2.36. The van der Waals surface area contributed by atoms with Gasteiger partial charge in [-0.05, 0) is 6.42 Å². The van der Waals surface area contributed by atoms with Gasteiger partial charge in [0.1, 0.15) is 12.4 Å². The third kappa shape index (κ3) is 3.19. The largest absolute Gasteiger partial charge is 0.511 e. The number of allylic oxidation sites excluding steroid dienone is 1. The van der Waals surface area contributed by atoms with E-state index in [9.17, 15) is 14.7 Å². The van der Waals surface area contributed by atoms with Crippen LogP contribution in [-0.2, 0) is 19.2 Å². The predicted molar refractivity (Wildman–Crippen MR) is 64.1 cm³/mol. The van der Waals surface area contributed by atoms with Crippen LogP contribution in [0.1, 0.15) is 19.3 Å². The highest BCUT2D eigenvalue weighted by molar-refractivity contribution is 6.49. The van der Waals surface area contributed by atoms with Crippen LogP contribution in [0.5, 0.6) is 0 Å². The van der Waals surface area contributed by atoms with Gasteiger partial charge in [0.2, 0.25) is 5.71 Å². The minimum Gasteiger partial charge on any atom is -0.511 e. The highest BCUT2D eigenvalue weighted by atomic mass is 16.6. The molecule has 1 aliphatic rings. The molecule has 0 aromatic heterocycles. The number of aliphatic hydroxyl groups excluding tert-OH is 1. The normalized spacial score (nSPS) is 16.5. The van der Waals surface area contributed by atoms with Crippen molar-refractivity contribution in [3.05, 3.63) is 24.0 Å². The van der Waals surface area contributed by atoms with E-state index in [1.165, 1.54) is 6.08 Å². The van der Waals surface area contributed by atoms with Gasteiger partial charge in [0.05, 0.1) is 12.7 Å². The second-order valence-corrected chi connectivity index (χ2v) is 3.61. The third-order valence-corrected chi connectivity index (χ3v) is 2.35. The van der Waals surface area contributed by atoms with Crippen LogP contribution in [0.15, 0.2) is 29.1 Å². The molecule has 18 heavy (non-hydrogen) atoms. The number of hydrogen-bond acceptors (Lipinski definition) is 6. The van der Waals surface area contributed by atoms with Gasteiger partial charge in [-0.15, -0.1) is 0 Å². The molecule has 0 saturated heterocycles. The second kappa shape index (κ2) is 6.58. The molecule has 98 valence electrons. The van der Waals surface area contributed by atoms with E-state index in [4.69, 9.17) is 4.84 Å². The summed E-state index contributed by atoms with van der Waals surface area (Å²) in [6.45, 7) is 3.51. The Morgan fingerprint density at radius 2 is 2.28 bits per heavy atom. The van der Waals surface area contributed by atoms with Crippen LogP contribution in [0.4, 0.5) is 0 Å². The molecule has 0 aromatic rings. The first-order valence-corrected chi connectivity index (χ1v) is 5.46. The van der Waals surface area contributed by atoms with Gasteiger partial charge in [0.25, 0.3) is 0 Å². The Morgan fingerprint density at radius 3 is 2.83 bits per heavy atom. The zero-order chi connectivity index (χ0) is 13.5. The molecule has 1 aliphatic carbocycles.